The quantitative estimate of drug-likeness (QED) is 0.521. The Labute approximate surface area is 200 Å². The van der Waals surface area contributed by atoms with Crippen LogP contribution in [0, 0.1) is 5.92 Å². The molecule has 2 atom stereocenters. The summed E-state index contributed by atoms with van der Waals surface area (Å²) in [4.78, 5) is 10.9. The van der Waals surface area contributed by atoms with Crippen molar-refractivity contribution in [1.82, 2.24) is 4.31 Å². The second-order valence-corrected chi connectivity index (χ2v) is 9.07. The van der Waals surface area contributed by atoms with Crippen LogP contribution in [0.2, 0.25) is 5.02 Å². The zero-order valence-electron chi connectivity index (χ0n) is 17.2. The van der Waals surface area contributed by atoms with E-state index in [0.29, 0.717) is 24.4 Å². The summed E-state index contributed by atoms with van der Waals surface area (Å²) in [5, 5.41) is 9.28. The third-order valence-electron chi connectivity index (χ3n) is 4.87. The summed E-state index contributed by atoms with van der Waals surface area (Å²) in [6.45, 7) is 0.401. The molecular formula is C21H23ClNNaO4S. The minimum atomic E-state index is -3.68. The van der Waals surface area contributed by atoms with Gasteiger partial charge in [-0.05, 0) is 48.6 Å². The number of sulfonamides is 1. The number of hydrogen-bond acceptors (Lipinski definition) is 3. The Kier molecular flexibility index (Phi) is 8.94. The summed E-state index contributed by atoms with van der Waals surface area (Å²) >= 11 is 5.90. The van der Waals surface area contributed by atoms with E-state index in [1.165, 1.54) is 16.4 Å². The van der Waals surface area contributed by atoms with Crippen LogP contribution >= 0.6 is 11.6 Å². The normalized spacial score (nSPS) is 19.9. The number of aliphatic carboxylic acids is 1. The zero-order valence-corrected chi connectivity index (χ0v) is 19.8. The van der Waals surface area contributed by atoms with E-state index in [0.717, 1.165) is 5.56 Å². The molecule has 1 aliphatic rings. The third kappa shape index (κ3) is 5.94. The largest absolute Gasteiger partial charge is 1.00 e. The van der Waals surface area contributed by atoms with Crippen molar-refractivity contribution >= 4 is 27.6 Å². The monoisotopic (exact) mass is 443 g/mol. The van der Waals surface area contributed by atoms with Gasteiger partial charge in [0.25, 0.3) is 0 Å². The van der Waals surface area contributed by atoms with Gasteiger partial charge >= 0.3 is 35.5 Å². The van der Waals surface area contributed by atoms with Crippen molar-refractivity contribution in [3.8, 4) is 0 Å². The van der Waals surface area contributed by atoms with Gasteiger partial charge in [0, 0.05) is 18.0 Å². The number of carbonyl (C=O) groups is 1. The summed E-state index contributed by atoms with van der Waals surface area (Å²) in [6.07, 6.45) is 4.96. The first-order valence-electron chi connectivity index (χ1n) is 9.10. The fourth-order valence-corrected chi connectivity index (χ4v) is 5.34. The van der Waals surface area contributed by atoms with Crippen molar-refractivity contribution in [3.63, 3.8) is 0 Å². The molecule has 1 fully saturated rings. The molecule has 1 aliphatic heterocycles. The maximum Gasteiger partial charge on any atom is 1.00 e. The Morgan fingerprint density at radius 3 is 2.45 bits per heavy atom. The standard InChI is InChI=1S/C21H22ClNO4S.Na.H/c22-18-10-12-19(13-11-18)28(26,27)23-15-14-17(8-4-5-9-20(24)25)21(23)16-6-2-1-3-7-16;;/h1-4,6-8,10-13,17,21H,5,9,14-15H2,(H,24,25);;/q;+1;-1/b8-4-;;/t17-,21-;;/m1../s1. The number of carboxylic acids is 1. The van der Waals surface area contributed by atoms with Crippen molar-refractivity contribution < 1.29 is 49.3 Å². The molecule has 1 N–H and O–H groups in total. The van der Waals surface area contributed by atoms with Crippen LogP contribution in [0.15, 0.2) is 71.6 Å². The SMILES string of the molecule is O=C(O)CC/C=C\[C@@H]1CCN(S(=O)(=O)c2ccc(Cl)cc2)[C@@H]1c1ccccc1.[H-].[Na+]. The van der Waals surface area contributed by atoms with Gasteiger partial charge in [0.2, 0.25) is 10.0 Å². The van der Waals surface area contributed by atoms with Gasteiger partial charge in [-0.1, -0.05) is 54.1 Å². The Morgan fingerprint density at radius 1 is 1.17 bits per heavy atom. The summed E-state index contributed by atoms with van der Waals surface area (Å²) in [7, 11) is -3.68. The van der Waals surface area contributed by atoms with Gasteiger partial charge in [-0.3, -0.25) is 4.79 Å². The minimum Gasteiger partial charge on any atom is -1.00 e. The Bertz CT molecular complexity index is 955. The number of benzene rings is 2. The number of rotatable bonds is 7. The molecule has 0 radical (unpaired) electrons. The van der Waals surface area contributed by atoms with E-state index >= 15 is 0 Å². The Hall–Kier alpha value is -1.15. The molecule has 0 saturated carbocycles. The molecule has 0 aliphatic carbocycles. The Balaban J connectivity index is 0.00000225. The molecular weight excluding hydrogens is 421 g/mol. The fraction of sp³-hybridized carbons (Fsp3) is 0.286. The van der Waals surface area contributed by atoms with E-state index < -0.39 is 16.0 Å². The molecule has 1 saturated heterocycles. The van der Waals surface area contributed by atoms with Crippen molar-refractivity contribution in [2.75, 3.05) is 6.54 Å². The molecule has 0 bridgehead atoms. The van der Waals surface area contributed by atoms with Crippen molar-refractivity contribution in [2.45, 2.75) is 30.2 Å². The maximum atomic E-state index is 13.3. The summed E-state index contributed by atoms with van der Waals surface area (Å²) < 4.78 is 28.1. The summed E-state index contributed by atoms with van der Waals surface area (Å²) in [5.74, 6) is -0.860. The second-order valence-electron chi connectivity index (χ2n) is 6.74. The first-order valence-corrected chi connectivity index (χ1v) is 10.9. The average molecular weight is 444 g/mol. The van der Waals surface area contributed by atoms with Gasteiger partial charge in [0.05, 0.1) is 10.9 Å². The predicted molar refractivity (Wildman–Crippen MR) is 110 cm³/mol. The number of allylic oxidation sites excluding steroid dienone is 1. The summed E-state index contributed by atoms with van der Waals surface area (Å²) in [5.41, 5.74) is 0.922. The molecule has 3 rings (SSSR count). The summed E-state index contributed by atoms with van der Waals surface area (Å²) in [6, 6.07) is 15.4. The van der Waals surface area contributed by atoms with Gasteiger partial charge in [-0.2, -0.15) is 4.31 Å². The van der Waals surface area contributed by atoms with Crippen LogP contribution in [0.3, 0.4) is 0 Å². The molecule has 29 heavy (non-hydrogen) atoms. The molecule has 2 aromatic carbocycles. The molecule has 1 heterocycles. The number of hydrogen-bond donors (Lipinski definition) is 1. The van der Waals surface area contributed by atoms with Crippen LogP contribution in [0.25, 0.3) is 0 Å². The number of nitrogens with zero attached hydrogens (tertiary/aromatic N) is 1. The first kappa shape index (κ1) is 24.1. The molecule has 2 aromatic rings. The van der Waals surface area contributed by atoms with Crippen LogP contribution in [0.4, 0.5) is 0 Å². The predicted octanol–water partition coefficient (Wildman–Crippen LogP) is 1.63. The smallest absolute Gasteiger partial charge is 1.00 e. The van der Waals surface area contributed by atoms with E-state index in [1.54, 1.807) is 12.1 Å². The fourth-order valence-electron chi connectivity index (χ4n) is 3.54. The average Bonchev–Trinajstić information content (AvgIpc) is 3.11. The van der Waals surface area contributed by atoms with Gasteiger partial charge < -0.3 is 6.53 Å². The van der Waals surface area contributed by atoms with Gasteiger partial charge in [0.15, 0.2) is 0 Å². The molecule has 0 amide bonds. The zero-order chi connectivity index (χ0) is 20.1. The second kappa shape index (κ2) is 10.8. The van der Waals surface area contributed by atoms with E-state index in [1.807, 2.05) is 42.5 Å². The number of halogens is 1. The topological polar surface area (TPSA) is 74.7 Å². The third-order valence-corrected chi connectivity index (χ3v) is 7.02. The van der Waals surface area contributed by atoms with E-state index in [9.17, 15) is 13.2 Å². The molecule has 0 aromatic heterocycles. The van der Waals surface area contributed by atoms with Crippen LogP contribution in [0.1, 0.15) is 32.3 Å². The molecule has 150 valence electrons. The van der Waals surface area contributed by atoms with Crippen LogP contribution in [-0.2, 0) is 14.8 Å². The first-order chi connectivity index (χ1) is 13.4. The molecule has 0 unspecified atom stereocenters. The number of carboxylic acid groups (broad SMARTS) is 1. The van der Waals surface area contributed by atoms with Gasteiger partial charge in [0.1, 0.15) is 0 Å². The minimum absolute atomic E-state index is 0. The van der Waals surface area contributed by atoms with E-state index in [4.69, 9.17) is 16.7 Å². The van der Waals surface area contributed by atoms with E-state index in [-0.39, 0.29) is 54.3 Å². The van der Waals surface area contributed by atoms with Crippen molar-refractivity contribution in [2.24, 2.45) is 5.92 Å². The van der Waals surface area contributed by atoms with Crippen LogP contribution in [0.5, 0.6) is 0 Å². The Morgan fingerprint density at radius 2 is 1.83 bits per heavy atom. The van der Waals surface area contributed by atoms with Gasteiger partial charge in [-0.25, -0.2) is 8.42 Å². The maximum absolute atomic E-state index is 13.3. The van der Waals surface area contributed by atoms with Gasteiger partial charge in [-0.15, -0.1) is 0 Å². The van der Waals surface area contributed by atoms with E-state index in [2.05, 4.69) is 0 Å². The van der Waals surface area contributed by atoms with Crippen molar-refractivity contribution in [1.29, 1.82) is 0 Å². The van der Waals surface area contributed by atoms with Crippen LogP contribution < -0.4 is 29.6 Å². The van der Waals surface area contributed by atoms with Crippen molar-refractivity contribution in [3.05, 3.63) is 77.3 Å². The molecule has 5 nitrogen and oxygen atoms in total. The molecule has 8 heteroatoms. The molecule has 0 spiro atoms. The van der Waals surface area contributed by atoms with Crippen LogP contribution in [-0.4, -0.2) is 30.3 Å².